The van der Waals surface area contributed by atoms with Crippen LogP contribution in [0.15, 0.2) is 68.8 Å². The second-order valence-corrected chi connectivity index (χ2v) is 10.2. The first-order chi connectivity index (χ1) is 15.8. The fourth-order valence-electron chi connectivity index (χ4n) is 4.16. The number of aryl methyl sites for hydroxylation is 1. The van der Waals surface area contributed by atoms with Crippen LogP contribution in [0.4, 0.5) is 0 Å². The molecule has 1 aliphatic carbocycles. The second-order valence-electron chi connectivity index (χ2n) is 8.63. The van der Waals surface area contributed by atoms with Crippen molar-refractivity contribution in [3.8, 4) is 5.75 Å². The number of benzene rings is 2. The molecule has 1 heterocycles. The Morgan fingerprint density at radius 3 is 2.30 bits per heavy atom. The summed E-state index contributed by atoms with van der Waals surface area (Å²) in [5.41, 5.74) is 1.79. The molecular weight excluding hydrogens is 442 g/mol. The van der Waals surface area contributed by atoms with Gasteiger partial charge in [0.2, 0.25) is 0 Å². The highest BCUT2D eigenvalue weighted by Crippen LogP contribution is 2.36. The van der Waals surface area contributed by atoms with E-state index in [1.54, 1.807) is 37.4 Å². The summed E-state index contributed by atoms with van der Waals surface area (Å²) >= 11 is 0. The van der Waals surface area contributed by atoms with E-state index in [9.17, 15) is 13.2 Å². The summed E-state index contributed by atoms with van der Waals surface area (Å²) in [6, 6.07) is 15.8. The zero-order chi connectivity index (χ0) is 23.4. The van der Waals surface area contributed by atoms with Crippen LogP contribution in [0.2, 0.25) is 0 Å². The molecule has 1 aliphatic rings. The van der Waals surface area contributed by atoms with Gasteiger partial charge in [-0.3, -0.25) is 8.98 Å². The van der Waals surface area contributed by atoms with Crippen molar-refractivity contribution in [3.05, 3.63) is 81.8 Å². The van der Waals surface area contributed by atoms with Crippen molar-refractivity contribution < 1.29 is 21.9 Å². The Labute approximate surface area is 194 Å². The molecule has 8 heteroatoms. The van der Waals surface area contributed by atoms with E-state index in [2.05, 4.69) is 0 Å². The Hall–Kier alpha value is -2.84. The quantitative estimate of drug-likeness (QED) is 0.450. The molecule has 2 aromatic carbocycles. The maximum Gasteiger partial charge on any atom is 0.296 e. The number of hydrogen-bond donors (Lipinski definition) is 0. The second kappa shape index (κ2) is 9.97. The van der Waals surface area contributed by atoms with Gasteiger partial charge in [-0.05, 0) is 68.4 Å². The topological polar surface area (TPSA) is 87.7 Å². The summed E-state index contributed by atoms with van der Waals surface area (Å²) in [6.07, 6.45) is 3.30. The molecule has 1 saturated carbocycles. The summed E-state index contributed by atoms with van der Waals surface area (Å²) in [6.45, 7) is 2.44. The summed E-state index contributed by atoms with van der Waals surface area (Å²) < 4.78 is 42.6. The highest BCUT2D eigenvalue weighted by molar-refractivity contribution is 7.86. The molecule has 0 aliphatic heterocycles. The molecule has 1 fully saturated rings. The Balaban J connectivity index is 1.31. The Kier molecular flexibility index (Phi) is 7.05. The van der Waals surface area contributed by atoms with Crippen LogP contribution in [0.5, 0.6) is 5.75 Å². The van der Waals surface area contributed by atoms with Gasteiger partial charge in [-0.25, -0.2) is 0 Å². The van der Waals surface area contributed by atoms with Gasteiger partial charge in [0.15, 0.2) is 0 Å². The van der Waals surface area contributed by atoms with Crippen LogP contribution in [0.25, 0.3) is 0 Å². The summed E-state index contributed by atoms with van der Waals surface area (Å²) in [4.78, 5) is 12.6. The van der Waals surface area contributed by atoms with Crippen LogP contribution >= 0.6 is 0 Å². The lowest BCUT2D eigenvalue weighted by Crippen LogP contribution is -2.20. The van der Waals surface area contributed by atoms with Crippen molar-refractivity contribution in [1.82, 2.24) is 4.74 Å². The lowest BCUT2D eigenvalue weighted by Gasteiger charge is -2.26. The molecule has 176 valence electrons. The monoisotopic (exact) mass is 471 g/mol. The standard InChI is InChI=1S/C25H29NO6S/c1-18-3-13-23(14-4-18)33(28,29)31-17-20-5-9-21(10-6-20)24-15-25(27)26(32-24)16-19-7-11-22(30-2)12-8-19/h3-4,7-8,11-15,20-21H,5-6,9-10,16-17H2,1-2H3. The number of aromatic nitrogens is 1. The van der Waals surface area contributed by atoms with Gasteiger partial charge in [0, 0.05) is 12.0 Å². The van der Waals surface area contributed by atoms with E-state index in [1.165, 1.54) is 4.74 Å². The van der Waals surface area contributed by atoms with E-state index >= 15 is 0 Å². The van der Waals surface area contributed by atoms with Gasteiger partial charge in [-0.2, -0.15) is 13.2 Å². The SMILES string of the molecule is COc1ccc(Cn2oc(C3CCC(COS(=O)(=O)c4ccc(C)cc4)CC3)cc2=O)cc1. The molecule has 1 aromatic heterocycles. The van der Waals surface area contributed by atoms with Crippen molar-refractivity contribution in [2.24, 2.45) is 5.92 Å². The first kappa shape index (κ1) is 23.3. The fraction of sp³-hybridized carbons (Fsp3) is 0.400. The zero-order valence-corrected chi connectivity index (χ0v) is 19.7. The maximum atomic E-state index is 12.4. The summed E-state index contributed by atoms with van der Waals surface area (Å²) in [5, 5.41) is 0. The minimum atomic E-state index is -3.75. The smallest absolute Gasteiger partial charge is 0.296 e. The lowest BCUT2D eigenvalue weighted by molar-refractivity contribution is 0.184. The first-order valence-electron chi connectivity index (χ1n) is 11.1. The van der Waals surface area contributed by atoms with E-state index in [1.807, 2.05) is 31.2 Å². The summed E-state index contributed by atoms with van der Waals surface area (Å²) in [5.74, 6) is 1.77. The van der Waals surface area contributed by atoms with Gasteiger partial charge < -0.3 is 9.26 Å². The minimum absolute atomic E-state index is 0.153. The predicted molar refractivity (Wildman–Crippen MR) is 124 cm³/mol. The van der Waals surface area contributed by atoms with Gasteiger partial charge in [0.1, 0.15) is 11.5 Å². The van der Waals surface area contributed by atoms with E-state index in [-0.39, 0.29) is 28.9 Å². The number of ether oxygens (including phenoxy) is 1. The van der Waals surface area contributed by atoms with Gasteiger partial charge in [0.25, 0.3) is 15.7 Å². The molecule has 0 saturated heterocycles. The van der Waals surface area contributed by atoms with Crippen LogP contribution in [0.1, 0.15) is 48.5 Å². The third-order valence-corrected chi connectivity index (χ3v) is 7.53. The molecule has 0 unspecified atom stereocenters. The van der Waals surface area contributed by atoms with Gasteiger partial charge >= 0.3 is 0 Å². The molecule has 0 bridgehead atoms. The highest BCUT2D eigenvalue weighted by Gasteiger charge is 2.27. The average Bonchev–Trinajstić information content (AvgIpc) is 3.19. The van der Waals surface area contributed by atoms with Crippen molar-refractivity contribution in [2.75, 3.05) is 13.7 Å². The molecule has 0 atom stereocenters. The van der Waals surface area contributed by atoms with E-state index < -0.39 is 10.1 Å². The Morgan fingerprint density at radius 2 is 1.67 bits per heavy atom. The van der Waals surface area contributed by atoms with Crippen molar-refractivity contribution in [2.45, 2.75) is 50.0 Å². The molecule has 33 heavy (non-hydrogen) atoms. The number of rotatable bonds is 8. The van der Waals surface area contributed by atoms with Gasteiger partial charge in [-0.15, -0.1) is 0 Å². The number of nitrogens with zero attached hydrogens (tertiary/aromatic N) is 1. The average molecular weight is 472 g/mol. The molecule has 0 N–H and O–H groups in total. The molecule has 0 radical (unpaired) electrons. The number of hydrogen-bond acceptors (Lipinski definition) is 6. The predicted octanol–water partition coefficient (Wildman–Crippen LogP) is 4.49. The Bertz CT molecular complexity index is 1220. The maximum absolute atomic E-state index is 12.4. The van der Waals surface area contributed by atoms with Crippen LogP contribution < -0.4 is 10.3 Å². The van der Waals surface area contributed by atoms with Crippen molar-refractivity contribution in [1.29, 1.82) is 0 Å². The van der Waals surface area contributed by atoms with Crippen LogP contribution in [-0.4, -0.2) is 26.9 Å². The molecule has 7 nitrogen and oxygen atoms in total. The third kappa shape index (κ3) is 5.75. The van der Waals surface area contributed by atoms with Crippen LogP contribution in [0.3, 0.4) is 0 Å². The number of methoxy groups -OCH3 is 1. The zero-order valence-electron chi connectivity index (χ0n) is 18.9. The summed E-state index contributed by atoms with van der Waals surface area (Å²) in [7, 11) is -2.14. The highest BCUT2D eigenvalue weighted by atomic mass is 32.2. The van der Waals surface area contributed by atoms with E-state index in [4.69, 9.17) is 13.4 Å². The third-order valence-electron chi connectivity index (χ3n) is 6.23. The van der Waals surface area contributed by atoms with Crippen molar-refractivity contribution >= 4 is 10.1 Å². The van der Waals surface area contributed by atoms with Crippen LogP contribution in [0, 0.1) is 12.8 Å². The molecule has 0 spiro atoms. The fourth-order valence-corrected chi connectivity index (χ4v) is 5.14. The first-order valence-corrected chi connectivity index (χ1v) is 12.5. The van der Waals surface area contributed by atoms with Gasteiger partial charge in [0.05, 0.1) is 25.2 Å². The molecule has 4 rings (SSSR count). The largest absolute Gasteiger partial charge is 0.497 e. The molecule has 0 amide bonds. The van der Waals surface area contributed by atoms with E-state index in [0.717, 1.165) is 42.6 Å². The van der Waals surface area contributed by atoms with E-state index in [0.29, 0.717) is 12.3 Å². The normalized spacial score (nSPS) is 18.8. The van der Waals surface area contributed by atoms with Gasteiger partial charge in [-0.1, -0.05) is 29.8 Å². The minimum Gasteiger partial charge on any atom is -0.497 e. The lowest BCUT2D eigenvalue weighted by atomic mass is 9.81. The Morgan fingerprint density at radius 1 is 1.00 bits per heavy atom. The molecule has 3 aromatic rings. The van der Waals surface area contributed by atoms with Crippen LogP contribution in [-0.2, 0) is 20.8 Å². The van der Waals surface area contributed by atoms with Crippen molar-refractivity contribution in [3.63, 3.8) is 0 Å². The molecular formula is C25H29NO6S.